The van der Waals surface area contributed by atoms with E-state index in [2.05, 4.69) is 5.32 Å². The van der Waals surface area contributed by atoms with E-state index in [-0.39, 0.29) is 24.3 Å². The fraction of sp³-hybridized carbons (Fsp3) is 0.385. The lowest BCUT2D eigenvalue weighted by atomic mass is 10.0. The molecule has 21 heavy (non-hydrogen) atoms. The van der Waals surface area contributed by atoms with Crippen LogP contribution >= 0.6 is 0 Å². The van der Waals surface area contributed by atoms with Crippen LogP contribution in [0.2, 0.25) is 0 Å². The number of hydrogen-bond acceptors (Lipinski definition) is 5. The summed E-state index contributed by atoms with van der Waals surface area (Å²) in [5, 5.41) is 22.4. The number of nitro benzene ring substituents is 1. The van der Waals surface area contributed by atoms with Gasteiger partial charge < -0.3 is 15.2 Å². The van der Waals surface area contributed by atoms with Crippen molar-refractivity contribution in [3.8, 4) is 5.75 Å². The molecule has 114 valence electrons. The lowest BCUT2D eigenvalue weighted by Gasteiger charge is -2.14. The standard InChI is InChI=1S/C13H16N2O6/c1-3-12(16)14-9(13(17)18)6-8-4-5-11(21-2)10(7-8)15(19)20/h4-5,7,9H,3,6H2,1-2H3,(H,14,16)(H,17,18)/t9-/m0/s1. The van der Waals surface area contributed by atoms with Crippen LogP contribution in [0.3, 0.4) is 0 Å². The number of carboxylic acid groups (broad SMARTS) is 1. The molecule has 1 rings (SSSR count). The van der Waals surface area contributed by atoms with Gasteiger partial charge in [0.15, 0.2) is 5.75 Å². The van der Waals surface area contributed by atoms with Crippen LogP contribution in [0.5, 0.6) is 5.75 Å². The van der Waals surface area contributed by atoms with Crippen LogP contribution in [0, 0.1) is 10.1 Å². The predicted molar refractivity (Wildman–Crippen MR) is 73.2 cm³/mol. The Balaban J connectivity index is 2.99. The second kappa shape index (κ2) is 7.22. The molecule has 1 aromatic rings. The van der Waals surface area contributed by atoms with Gasteiger partial charge in [0.2, 0.25) is 5.91 Å². The number of hydrogen-bond donors (Lipinski definition) is 2. The number of ether oxygens (including phenoxy) is 1. The number of carbonyl (C=O) groups is 2. The Hall–Kier alpha value is -2.64. The zero-order valence-electron chi connectivity index (χ0n) is 11.7. The average molecular weight is 296 g/mol. The van der Waals surface area contributed by atoms with Gasteiger partial charge in [0.05, 0.1) is 12.0 Å². The molecule has 0 aliphatic rings. The molecule has 8 nitrogen and oxygen atoms in total. The van der Waals surface area contributed by atoms with Crippen molar-refractivity contribution < 1.29 is 24.4 Å². The molecule has 0 aliphatic carbocycles. The monoisotopic (exact) mass is 296 g/mol. The second-order valence-electron chi connectivity index (χ2n) is 4.28. The van der Waals surface area contributed by atoms with E-state index in [1.54, 1.807) is 6.92 Å². The largest absolute Gasteiger partial charge is 0.490 e. The number of benzene rings is 1. The molecule has 8 heteroatoms. The van der Waals surface area contributed by atoms with Crippen molar-refractivity contribution in [3.63, 3.8) is 0 Å². The number of methoxy groups -OCH3 is 1. The van der Waals surface area contributed by atoms with Crippen LogP contribution in [0.25, 0.3) is 0 Å². The van der Waals surface area contributed by atoms with Crippen LogP contribution in [-0.4, -0.2) is 35.1 Å². The van der Waals surface area contributed by atoms with Crippen molar-refractivity contribution in [2.24, 2.45) is 0 Å². The Morgan fingerprint density at radius 2 is 2.14 bits per heavy atom. The molecule has 0 unspecified atom stereocenters. The summed E-state index contributed by atoms with van der Waals surface area (Å²) in [6.07, 6.45) is 0.110. The van der Waals surface area contributed by atoms with E-state index < -0.39 is 22.8 Å². The number of nitro groups is 1. The van der Waals surface area contributed by atoms with Crippen molar-refractivity contribution in [2.75, 3.05) is 7.11 Å². The zero-order valence-corrected chi connectivity index (χ0v) is 11.7. The Morgan fingerprint density at radius 1 is 1.48 bits per heavy atom. The molecule has 0 heterocycles. The summed E-state index contributed by atoms with van der Waals surface area (Å²) in [6.45, 7) is 1.60. The van der Waals surface area contributed by atoms with Gasteiger partial charge in [0, 0.05) is 18.9 Å². The van der Waals surface area contributed by atoms with Crippen molar-refractivity contribution >= 4 is 17.6 Å². The van der Waals surface area contributed by atoms with E-state index in [0.29, 0.717) is 5.56 Å². The van der Waals surface area contributed by atoms with Gasteiger partial charge in [-0.05, 0) is 11.6 Å². The first-order valence-electron chi connectivity index (χ1n) is 6.22. The Bertz CT molecular complexity index is 558. The molecular formula is C13H16N2O6. The lowest BCUT2D eigenvalue weighted by Crippen LogP contribution is -2.42. The van der Waals surface area contributed by atoms with Crippen LogP contribution in [0.1, 0.15) is 18.9 Å². The summed E-state index contributed by atoms with van der Waals surface area (Å²) in [5.41, 5.74) is 0.173. The van der Waals surface area contributed by atoms with Gasteiger partial charge in [0.25, 0.3) is 0 Å². The molecule has 2 N–H and O–H groups in total. The number of aliphatic carboxylic acids is 1. The maximum atomic E-state index is 11.3. The third kappa shape index (κ3) is 4.44. The average Bonchev–Trinajstić information content (AvgIpc) is 2.45. The van der Waals surface area contributed by atoms with Crippen molar-refractivity contribution in [1.29, 1.82) is 0 Å². The van der Waals surface area contributed by atoms with Gasteiger partial charge >= 0.3 is 11.7 Å². The van der Waals surface area contributed by atoms with E-state index in [4.69, 9.17) is 9.84 Å². The van der Waals surface area contributed by atoms with Crippen LogP contribution < -0.4 is 10.1 Å². The quantitative estimate of drug-likeness (QED) is 0.575. The number of carboxylic acids is 1. The summed E-state index contributed by atoms with van der Waals surface area (Å²) < 4.78 is 4.87. The maximum absolute atomic E-state index is 11.3. The number of nitrogens with zero attached hydrogens (tertiary/aromatic N) is 1. The highest BCUT2D eigenvalue weighted by atomic mass is 16.6. The van der Waals surface area contributed by atoms with E-state index >= 15 is 0 Å². The summed E-state index contributed by atoms with van der Waals surface area (Å²) in [7, 11) is 1.31. The van der Waals surface area contributed by atoms with Gasteiger partial charge in [-0.25, -0.2) is 4.79 Å². The van der Waals surface area contributed by atoms with E-state index in [0.717, 1.165) is 0 Å². The van der Waals surface area contributed by atoms with Crippen LogP contribution in [0.4, 0.5) is 5.69 Å². The van der Waals surface area contributed by atoms with Crippen molar-refractivity contribution in [3.05, 3.63) is 33.9 Å². The highest BCUT2D eigenvalue weighted by molar-refractivity contribution is 5.83. The molecule has 0 saturated carbocycles. The minimum Gasteiger partial charge on any atom is -0.490 e. The highest BCUT2D eigenvalue weighted by Gasteiger charge is 2.22. The van der Waals surface area contributed by atoms with Gasteiger partial charge in [-0.15, -0.1) is 0 Å². The molecule has 0 saturated heterocycles. The first kappa shape index (κ1) is 16.4. The Labute approximate surface area is 120 Å². The zero-order chi connectivity index (χ0) is 16.0. The molecule has 1 atom stereocenters. The van der Waals surface area contributed by atoms with E-state index in [1.165, 1.54) is 25.3 Å². The molecule has 0 aliphatic heterocycles. The third-order valence-corrected chi connectivity index (χ3v) is 2.83. The van der Waals surface area contributed by atoms with Crippen molar-refractivity contribution in [1.82, 2.24) is 5.32 Å². The molecule has 0 bridgehead atoms. The van der Waals surface area contributed by atoms with Gasteiger partial charge in [0.1, 0.15) is 6.04 Å². The summed E-state index contributed by atoms with van der Waals surface area (Å²) in [4.78, 5) is 32.7. The molecule has 0 spiro atoms. The molecule has 0 radical (unpaired) electrons. The smallest absolute Gasteiger partial charge is 0.326 e. The fourth-order valence-corrected chi connectivity index (χ4v) is 1.74. The number of nitrogens with one attached hydrogen (secondary N) is 1. The molecular weight excluding hydrogens is 280 g/mol. The Morgan fingerprint density at radius 3 is 2.62 bits per heavy atom. The van der Waals surface area contributed by atoms with Crippen molar-refractivity contribution in [2.45, 2.75) is 25.8 Å². The molecule has 1 aromatic carbocycles. The predicted octanol–water partition coefficient (Wildman–Crippen LogP) is 1.13. The van der Waals surface area contributed by atoms with Gasteiger partial charge in [-0.2, -0.15) is 0 Å². The topological polar surface area (TPSA) is 119 Å². The number of rotatable bonds is 7. The SMILES string of the molecule is CCC(=O)N[C@@H](Cc1ccc(OC)c([N+](=O)[O-])c1)C(=O)O. The normalized spacial score (nSPS) is 11.5. The lowest BCUT2D eigenvalue weighted by molar-refractivity contribution is -0.385. The van der Waals surface area contributed by atoms with Gasteiger partial charge in [-0.3, -0.25) is 14.9 Å². The van der Waals surface area contributed by atoms with E-state index in [9.17, 15) is 19.7 Å². The molecule has 0 aromatic heterocycles. The summed E-state index contributed by atoms with van der Waals surface area (Å²) in [6, 6.07) is 3.03. The number of amides is 1. The first-order chi connectivity index (χ1) is 9.88. The van der Waals surface area contributed by atoms with Crippen LogP contribution in [0.15, 0.2) is 18.2 Å². The van der Waals surface area contributed by atoms with Crippen LogP contribution in [-0.2, 0) is 16.0 Å². The highest BCUT2D eigenvalue weighted by Crippen LogP contribution is 2.27. The molecule has 1 amide bonds. The fourth-order valence-electron chi connectivity index (χ4n) is 1.74. The van der Waals surface area contributed by atoms with E-state index in [1.807, 2.05) is 0 Å². The van der Waals surface area contributed by atoms with Gasteiger partial charge in [-0.1, -0.05) is 13.0 Å². The minimum absolute atomic E-state index is 0.0497. The summed E-state index contributed by atoms with van der Waals surface area (Å²) >= 11 is 0. The first-order valence-corrected chi connectivity index (χ1v) is 6.22. The Kier molecular flexibility index (Phi) is 5.65. The summed E-state index contributed by atoms with van der Waals surface area (Å²) in [5.74, 6) is -1.51. The maximum Gasteiger partial charge on any atom is 0.326 e. The molecule has 0 fully saturated rings. The third-order valence-electron chi connectivity index (χ3n) is 2.83. The minimum atomic E-state index is -1.20. The second-order valence-corrected chi connectivity index (χ2v) is 4.28. The number of carbonyl (C=O) groups excluding carboxylic acids is 1.